The van der Waals surface area contributed by atoms with Crippen LogP contribution < -0.4 is 0 Å². The van der Waals surface area contributed by atoms with Gasteiger partial charge in [0.05, 0.1) is 0 Å². The fourth-order valence-corrected chi connectivity index (χ4v) is 3.06. The van der Waals surface area contributed by atoms with Crippen LogP contribution in [0.4, 0.5) is 0 Å². The second-order valence-corrected chi connectivity index (χ2v) is 6.29. The first-order valence-electron chi connectivity index (χ1n) is 7.38. The number of rotatable bonds is 4. The number of amides is 1. The topological polar surface area (TPSA) is 59.8 Å². The van der Waals surface area contributed by atoms with Crippen molar-refractivity contribution in [2.24, 2.45) is 0 Å². The van der Waals surface area contributed by atoms with Gasteiger partial charge in [0.1, 0.15) is 5.76 Å². The standard InChI is InChI=1S/C16H20BrNO4/c1-11-4-3-5-12(2)18(11)15(19)10-21-16(20)9-7-13-6-8-14(17)22-13/h6-9,11-12H,3-5,10H2,1-2H3/b9-7+/t11-,12+. The molecule has 0 bridgehead atoms. The minimum Gasteiger partial charge on any atom is -0.452 e. The largest absolute Gasteiger partial charge is 0.452 e. The molecular weight excluding hydrogens is 350 g/mol. The fraction of sp³-hybridized carbons (Fsp3) is 0.500. The van der Waals surface area contributed by atoms with E-state index in [0.29, 0.717) is 10.4 Å². The molecule has 0 N–H and O–H groups in total. The highest BCUT2D eigenvalue weighted by Gasteiger charge is 2.29. The minimum absolute atomic E-state index is 0.137. The van der Waals surface area contributed by atoms with Gasteiger partial charge < -0.3 is 14.1 Å². The lowest BCUT2D eigenvalue weighted by atomic mass is 9.97. The van der Waals surface area contributed by atoms with E-state index in [-0.39, 0.29) is 24.6 Å². The molecule has 1 saturated heterocycles. The van der Waals surface area contributed by atoms with Gasteiger partial charge in [0.2, 0.25) is 0 Å². The van der Waals surface area contributed by atoms with Gasteiger partial charge >= 0.3 is 5.97 Å². The Labute approximate surface area is 138 Å². The van der Waals surface area contributed by atoms with Crippen molar-refractivity contribution < 1.29 is 18.7 Å². The maximum absolute atomic E-state index is 12.2. The molecule has 1 aromatic rings. The summed E-state index contributed by atoms with van der Waals surface area (Å²) in [6.07, 6.45) is 5.88. The van der Waals surface area contributed by atoms with Gasteiger partial charge in [-0.25, -0.2) is 4.79 Å². The fourth-order valence-electron chi connectivity index (χ4n) is 2.74. The van der Waals surface area contributed by atoms with Crippen LogP contribution >= 0.6 is 15.9 Å². The normalized spacial score (nSPS) is 22.0. The van der Waals surface area contributed by atoms with Crippen molar-refractivity contribution in [3.8, 4) is 0 Å². The molecule has 120 valence electrons. The molecule has 1 fully saturated rings. The molecule has 22 heavy (non-hydrogen) atoms. The van der Waals surface area contributed by atoms with Gasteiger partial charge in [0.15, 0.2) is 11.3 Å². The van der Waals surface area contributed by atoms with Gasteiger partial charge in [-0.3, -0.25) is 4.79 Å². The SMILES string of the molecule is C[C@@H]1CCC[C@H](C)N1C(=O)COC(=O)/C=C/c1ccc(Br)o1. The molecule has 2 heterocycles. The predicted octanol–water partition coefficient (Wildman–Crippen LogP) is 3.39. The summed E-state index contributed by atoms with van der Waals surface area (Å²) in [7, 11) is 0. The van der Waals surface area contributed by atoms with Gasteiger partial charge in [-0.1, -0.05) is 0 Å². The lowest BCUT2D eigenvalue weighted by Gasteiger charge is -2.38. The Bertz CT molecular complexity index is 556. The molecule has 2 atom stereocenters. The van der Waals surface area contributed by atoms with Crippen LogP contribution in [0.15, 0.2) is 27.3 Å². The van der Waals surface area contributed by atoms with Crippen molar-refractivity contribution in [2.45, 2.75) is 45.2 Å². The Morgan fingerprint density at radius 2 is 2.05 bits per heavy atom. The lowest BCUT2D eigenvalue weighted by molar-refractivity contribution is -0.151. The second kappa shape index (κ2) is 7.63. The zero-order valence-corrected chi connectivity index (χ0v) is 14.3. The number of likely N-dealkylation sites (tertiary alicyclic amines) is 1. The summed E-state index contributed by atoms with van der Waals surface area (Å²) in [5.74, 6) is -0.159. The molecule has 6 heteroatoms. The van der Waals surface area contributed by atoms with Gasteiger partial charge in [-0.2, -0.15) is 0 Å². The predicted molar refractivity (Wildman–Crippen MR) is 86.0 cm³/mol. The average molecular weight is 370 g/mol. The van der Waals surface area contributed by atoms with Crippen molar-refractivity contribution in [3.05, 3.63) is 28.6 Å². The van der Waals surface area contributed by atoms with Crippen LogP contribution in [0.25, 0.3) is 6.08 Å². The van der Waals surface area contributed by atoms with E-state index in [1.165, 1.54) is 12.2 Å². The number of carbonyl (C=O) groups excluding carboxylic acids is 2. The van der Waals surface area contributed by atoms with Crippen LogP contribution in [0.1, 0.15) is 38.9 Å². The maximum Gasteiger partial charge on any atom is 0.331 e. The van der Waals surface area contributed by atoms with Crippen molar-refractivity contribution in [1.82, 2.24) is 4.90 Å². The van der Waals surface area contributed by atoms with E-state index < -0.39 is 5.97 Å². The maximum atomic E-state index is 12.2. The number of ether oxygens (including phenoxy) is 1. The number of nitrogens with zero attached hydrogens (tertiary/aromatic N) is 1. The molecule has 1 aliphatic heterocycles. The Morgan fingerprint density at radius 3 is 2.64 bits per heavy atom. The Kier molecular flexibility index (Phi) is 5.83. The first-order valence-corrected chi connectivity index (χ1v) is 8.18. The number of halogens is 1. The highest BCUT2D eigenvalue weighted by Crippen LogP contribution is 2.22. The molecule has 2 rings (SSSR count). The van der Waals surface area contributed by atoms with Crippen molar-refractivity contribution in [1.29, 1.82) is 0 Å². The number of piperidine rings is 1. The third-order valence-electron chi connectivity index (χ3n) is 3.80. The second-order valence-electron chi connectivity index (χ2n) is 5.51. The molecule has 1 aliphatic rings. The van der Waals surface area contributed by atoms with Crippen LogP contribution in [0.5, 0.6) is 0 Å². The van der Waals surface area contributed by atoms with E-state index >= 15 is 0 Å². The highest BCUT2D eigenvalue weighted by atomic mass is 79.9. The smallest absolute Gasteiger partial charge is 0.331 e. The molecule has 0 unspecified atom stereocenters. The molecule has 0 saturated carbocycles. The van der Waals surface area contributed by atoms with E-state index in [0.717, 1.165) is 19.3 Å². The zero-order valence-electron chi connectivity index (χ0n) is 12.8. The van der Waals surface area contributed by atoms with Gasteiger partial charge in [-0.15, -0.1) is 0 Å². The quantitative estimate of drug-likeness (QED) is 0.602. The van der Waals surface area contributed by atoms with Crippen LogP contribution in [0.3, 0.4) is 0 Å². The lowest BCUT2D eigenvalue weighted by Crippen LogP contribution is -2.49. The number of furan rings is 1. The summed E-state index contributed by atoms with van der Waals surface area (Å²) in [5, 5.41) is 0. The summed E-state index contributed by atoms with van der Waals surface area (Å²) in [6.45, 7) is 3.84. The van der Waals surface area contributed by atoms with Gasteiger partial charge in [0.25, 0.3) is 5.91 Å². The van der Waals surface area contributed by atoms with Gasteiger partial charge in [-0.05, 0) is 67.2 Å². The number of hydrogen-bond donors (Lipinski definition) is 0. The Morgan fingerprint density at radius 1 is 1.36 bits per heavy atom. The zero-order chi connectivity index (χ0) is 16.1. The third kappa shape index (κ3) is 4.47. The van der Waals surface area contributed by atoms with Crippen LogP contribution in [-0.4, -0.2) is 35.5 Å². The van der Waals surface area contributed by atoms with Gasteiger partial charge in [0, 0.05) is 18.2 Å². The first kappa shape index (κ1) is 16.8. The van der Waals surface area contributed by atoms with E-state index in [4.69, 9.17) is 9.15 Å². The molecule has 0 spiro atoms. The van der Waals surface area contributed by atoms with E-state index in [2.05, 4.69) is 15.9 Å². The van der Waals surface area contributed by atoms with Crippen molar-refractivity contribution in [2.75, 3.05) is 6.61 Å². The summed E-state index contributed by atoms with van der Waals surface area (Å²) in [4.78, 5) is 25.7. The van der Waals surface area contributed by atoms with E-state index in [1.807, 2.05) is 18.7 Å². The minimum atomic E-state index is -0.557. The van der Waals surface area contributed by atoms with Crippen LogP contribution in [0, 0.1) is 0 Å². The summed E-state index contributed by atoms with van der Waals surface area (Å²) < 4.78 is 10.8. The van der Waals surface area contributed by atoms with Crippen LogP contribution in [-0.2, 0) is 14.3 Å². The Hall–Kier alpha value is -1.56. The molecule has 5 nitrogen and oxygen atoms in total. The number of carbonyl (C=O) groups is 2. The summed E-state index contributed by atoms with van der Waals surface area (Å²) in [5.41, 5.74) is 0. The molecule has 1 aromatic heterocycles. The summed E-state index contributed by atoms with van der Waals surface area (Å²) >= 11 is 3.18. The number of hydrogen-bond acceptors (Lipinski definition) is 4. The molecule has 1 amide bonds. The summed E-state index contributed by atoms with van der Waals surface area (Å²) in [6, 6.07) is 3.85. The molecule has 0 aliphatic carbocycles. The first-order chi connectivity index (χ1) is 10.5. The average Bonchev–Trinajstić information content (AvgIpc) is 2.88. The Balaban J connectivity index is 1.82. The number of esters is 1. The monoisotopic (exact) mass is 369 g/mol. The highest BCUT2D eigenvalue weighted by molar-refractivity contribution is 9.10. The van der Waals surface area contributed by atoms with E-state index in [9.17, 15) is 9.59 Å². The van der Waals surface area contributed by atoms with Crippen molar-refractivity contribution in [3.63, 3.8) is 0 Å². The van der Waals surface area contributed by atoms with E-state index in [1.54, 1.807) is 12.1 Å². The third-order valence-corrected chi connectivity index (χ3v) is 4.22. The molecular formula is C16H20BrNO4. The van der Waals surface area contributed by atoms with Crippen molar-refractivity contribution >= 4 is 33.9 Å². The molecule has 0 radical (unpaired) electrons. The molecule has 0 aromatic carbocycles. The van der Waals surface area contributed by atoms with Crippen LogP contribution in [0.2, 0.25) is 0 Å².